The first-order valence-electron chi connectivity index (χ1n) is 9.73. The number of hydrogen-bond donors (Lipinski definition) is 2. The Labute approximate surface area is 174 Å². The summed E-state index contributed by atoms with van der Waals surface area (Å²) in [5.74, 6) is -0.518. The van der Waals surface area contributed by atoms with E-state index < -0.39 is 5.91 Å². The van der Waals surface area contributed by atoms with Crippen LogP contribution in [-0.2, 0) is 9.59 Å². The minimum atomic E-state index is -0.430. The zero-order valence-corrected chi connectivity index (χ0v) is 17.1. The number of likely N-dealkylation sites (tertiary alicyclic amines) is 1. The predicted octanol–water partition coefficient (Wildman–Crippen LogP) is 1.85. The number of para-hydroxylation sites is 1. The average Bonchev–Trinajstić information content (AvgIpc) is 3.25. The van der Waals surface area contributed by atoms with E-state index in [1.165, 1.54) is 11.3 Å². The van der Waals surface area contributed by atoms with Crippen molar-refractivity contribution in [2.24, 2.45) is 5.73 Å². The summed E-state index contributed by atoms with van der Waals surface area (Å²) in [7, 11) is 0. The third kappa shape index (κ3) is 6.13. The van der Waals surface area contributed by atoms with Crippen LogP contribution in [0.3, 0.4) is 0 Å². The van der Waals surface area contributed by atoms with Crippen molar-refractivity contribution in [1.82, 2.24) is 10.2 Å². The lowest BCUT2D eigenvalue weighted by atomic mass is 10.0. The van der Waals surface area contributed by atoms with E-state index in [1.54, 1.807) is 4.90 Å². The van der Waals surface area contributed by atoms with Gasteiger partial charge in [-0.1, -0.05) is 24.3 Å². The van der Waals surface area contributed by atoms with Gasteiger partial charge in [-0.2, -0.15) is 0 Å². The van der Waals surface area contributed by atoms with E-state index in [1.807, 2.05) is 47.8 Å². The van der Waals surface area contributed by atoms with Gasteiger partial charge >= 0.3 is 0 Å². The monoisotopic (exact) mass is 414 g/mol. The molecule has 29 heavy (non-hydrogen) atoms. The van der Waals surface area contributed by atoms with E-state index in [9.17, 15) is 14.4 Å². The number of carbonyl (C=O) groups excluding carboxylic acids is 3. The smallest absolute Gasteiger partial charge is 0.261 e. The molecule has 1 aromatic carbocycles. The van der Waals surface area contributed by atoms with Gasteiger partial charge in [-0.3, -0.25) is 19.3 Å². The van der Waals surface area contributed by atoms with Crippen LogP contribution in [-0.4, -0.2) is 54.8 Å². The molecule has 1 aliphatic heterocycles. The van der Waals surface area contributed by atoms with Crippen molar-refractivity contribution >= 4 is 34.7 Å². The van der Waals surface area contributed by atoms with Crippen molar-refractivity contribution in [3.63, 3.8) is 0 Å². The summed E-state index contributed by atoms with van der Waals surface area (Å²) in [6, 6.07) is 13.1. The summed E-state index contributed by atoms with van der Waals surface area (Å²) in [5, 5.41) is 4.96. The Balaban J connectivity index is 1.51. The predicted molar refractivity (Wildman–Crippen MR) is 114 cm³/mol. The summed E-state index contributed by atoms with van der Waals surface area (Å²) < 4.78 is 0. The molecule has 0 spiro atoms. The number of anilines is 1. The highest BCUT2D eigenvalue weighted by Crippen LogP contribution is 2.17. The summed E-state index contributed by atoms with van der Waals surface area (Å²) in [5.41, 5.74) is 6.03. The van der Waals surface area contributed by atoms with Gasteiger partial charge < -0.3 is 16.0 Å². The molecule has 7 nitrogen and oxygen atoms in total. The first-order valence-corrected chi connectivity index (χ1v) is 10.6. The third-order valence-electron chi connectivity index (χ3n) is 4.98. The fraction of sp³-hybridized carbons (Fsp3) is 0.381. The number of benzene rings is 1. The van der Waals surface area contributed by atoms with Gasteiger partial charge in [-0.15, -0.1) is 11.3 Å². The van der Waals surface area contributed by atoms with Gasteiger partial charge in [0.1, 0.15) is 0 Å². The number of amides is 3. The molecule has 0 unspecified atom stereocenters. The first-order chi connectivity index (χ1) is 14.0. The van der Waals surface area contributed by atoms with Crippen LogP contribution >= 0.6 is 11.3 Å². The maximum atomic E-state index is 12.9. The van der Waals surface area contributed by atoms with E-state index in [4.69, 9.17) is 5.73 Å². The van der Waals surface area contributed by atoms with Gasteiger partial charge in [0, 0.05) is 37.8 Å². The highest BCUT2D eigenvalue weighted by molar-refractivity contribution is 7.12. The number of rotatable bonds is 8. The number of carbonyl (C=O) groups is 3. The van der Waals surface area contributed by atoms with Crippen LogP contribution in [0.2, 0.25) is 0 Å². The normalized spacial score (nSPS) is 15.0. The topological polar surface area (TPSA) is 95.7 Å². The Kier molecular flexibility index (Phi) is 7.37. The number of thiophene rings is 1. The molecule has 0 atom stereocenters. The van der Waals surface area contributed by atoms with Crippen LogP contribution < -0.4 is 16.0 Å². The lowest BCUT2D eigenvalue weighted by molar-refractivity contribution is -0.120. The van der Waals surface area contributed by atoms with Crippen molar-refractivity contribution in [3.05, 3.63) is 52.7 Å². The lowest BCUT2D eigenvalue weighted by Gasteiger charge is -2.33. The van der Waals surface area contributed by atoms with E-state index >= 15 is 0 Å². The number of nitrogens with zero attached hydrogens (tertiary/aromatic N) is 2. The van der Waals surface area contributed by atoms with Crippen LogP contribution in [0.5, 0.6) is 0 Å². The maximum Gasteiger partial charge on any atom is 0.261 e. The summed E-state index contributed by atoms with van der Waals surface area (Å²) in [6.07, 6.45) is 1.73. The number of nitrogens with two attached hydrogens (primary N) is 1. The molecule has 3 rings (SSSR count). The van der Waals surface area contributed by atoms with E-state index in [-0.39, 0.29) is 37.4 Å². The van der Waals surface area contributed by atoms with Crippen molar-refractivity contribution < 1.29 is 14.4 Å². The molecule has 3 N–H and O–H groups in total. The van der Waals surface area contributed by atoms with E-state index in [0.717, 1.165) is 36.5 Å². The minimum absolute atomic E-state index is 0.0313. The SMILES string of the molecule is NC(=O)CCN(C(=O)CN1CCC(NC(=O)c2cccs2)CC1)c1ccccc1. The summed E-state index contributed by atoms with van der Waals surface area (Å²) in [4.78, 5) is 40.7. The molecular weight excluding hydrogens is 388 g/mol. The van der Waals surface area contributed by atoms with Crippen molar-refractivity contribution in [2.75, 3.05) is 31.1 Å². The molecule has 3 amide bonds. The fourth-order valence-electron chi connectivity index (χ4n) is 3.40. The number of nitrogens with one attached hydrogen (secondary N) is 1. The molecule has 0 aliphatic carbocycles. The molecule has 1 aromatic heterocycles. The first kappa shape index (κ1) is 21.0. The standard InChI is InChI=1S/C21H26N4O3S/c22-19(26)10-13-25(17-5-2-1-3-6-17)20(27)15-24-11-8-16(9-12-24)23-21(28)18-7-4-14-29-18/h1-7,14,16H,8-13,15H2,(H2,22,26)(H,23,28). The van der Waals surface area contributed by atoms with Crippen LogP contribution in [0.1, 0.15) is 28.9 Å². The maximum absolute atomic E-state index is 12.9. The number of hydrogen-bond acceptors (Lipinski definition) is 5. The quantitative estimate of drug-likeness (QED) is 0.689. The average molecular weight is 415 g/mol. The van der Waals surface area contributed by atoms with Gasteiger partial charge in [0.15, 0.2) is 0 Å². The molecule has 0 bridgehead atoms. The van der Waals surface area contributed by atoms with Crippen molar-refractivity contribution in [1.29, 1.82) is 0 Å². The Morgan fingerprint density at radius 1 is 1.10 bits per heavy atom. The Hall–Kier alpha value is -2.71. The number of piperidine rings is 1. The fourth-order valence-corrected chi connectivity index (χ4v) is 4.03. The zero-order valence-electron chi connectivity index (χ0n) is 16.3. The van der Waals surface area contributed by atoms with Crippen LogP contribution in [0.15, 0.2) is 47.8 Å². The van der Waals surface area contributed by atoms with E-state index in [0.29, 0.717) is 0 Å². The van der Waals surface area contributed by atoms with Gasteiger partial charge in [-0.25, -0.2) is 0 Å². The molecule has 0 saturated carbocycles. The molecule has 2 aromatic rings. The van der Waals surface area contributed by atoms with Crippen molar-refractivity contribution in [3.8, 4) is 0 Å². The molecule has 8 heteroatoms. The summed E-state index contributed by atoms with van der Waals surface area (Å²) in [6.45, 7) is 2.02. The van der Waals surface area contributed by atoms with Gasteiger partial charge in [-0.05, 0) is 36.4 Å². The van der Waals surface area contributed by atoms with Gasteiger partial charge in [0.2, 0.25) is 11.8 Å². The third-order valence-corrected chi connectivity index (χ3v) is 5.85. The molecule has 1 fully saturated rings. The van der Waals surface area contributed by atoms with E-state index in [2.05, 4.69) is 10.2 Å². The minimum Gasteiger partial charge on any atom is -0.370 e. The molecular formula is C21H26N4O3S. The van der Waals surface area contributed by atoms with Crippen molar-refractivity contribution in [2.45, 2.75) is 25.3 Å². The number of primary amides is 1. The Bertz CT molecular complexity index is 818. The largest absolute Gasteiger partial charge is 0.370 e. The van der Waals surface area contributed by atoms with Crippen LogP contribution in [0, 0.1) is 0 Å². The Morgan fingerprint density at radius 2 is 1.83 bits per heavy atom. The van der Waals surface area contributed by atoms with Gasteiger partial charge in [0.05, 0.1) is 11.4 Å². The second kappa shape index (κ2) is 10.2. The van der Waals surface area contributed by atoms with Gasteiger partial charge in [0.25, 0.3) is 5.91 Å². The Morgan fingerprint density at radius 3 is 2.45 bits per heavy atom. The van der Waals surface area contributed by atoms with Crippen LogP contribution in [0.4, 0.5) is 5.69 Å². The lowest BCUT2D eigenvalue weighted by Crippen LogP contribution is -2.48. The molecule has 154 valence electrons. The summed E-state index contributed by atoms with van der Waals surface area (Å²) >= 11 is 1.43. The second-order valence-corrected chi connectivity index (χ2v) is 8.05. The van der Waals surface area contributed by atoms with Crippen LogP contribution in [0.25, 0.3) is 0 Å². The molecule has 2 heterocycles. The molecule has 0 radical (unpaired) electrons. The zero-order chi connectivity index (χ0) is 20.6. The molecule has 1 saturated heterocycles. The second-order valence-electron chi connectivity index (χ2n) is 7.10. The molecule has 1 aliphatic rings. The highest BCUT2D eigenvalue weighted by atomic mass is 32.1. The highest BCUT2D eigenvalue weighted by Gasteiger charge is 2.25.